The van der Waals surface area contributed by atoms with E-state index in [4.69, 9.17) is 9.47 Å². The number of aliphatic imine (C=N–C) groups is 1. The lowest BCUT2D eigenvalue weighted by Gasteiger charge is -2.24. The zero-order valence-electron chi connectivity index (χ0n) is 14.5. The number of nitrogens with zero attached hydrogens (tertiary/aromatic N) is 2. The maximum atomic E-state index is 11.0. The Balaban J connectivity index is 2.81. The van der Waals surface area contributed by atoms with Gasteiger partial charge in [-0.25, -0.2) is 4.79 Å². The van der Waals surface area contributed by atoms with Crippen LogP contribution in [0.15, 0.2) is 35.8 Å². The quantitative estimate of drug-likeness (QED) is 0.241. The van der Waals surface area contributed by atoms with Gasteiger partial charge < -0.3 is 14.6 Å². The lowest BCUT2D eigenvalue weighted by atomic mass is 10.1. The second-order valence-electron chi connectivity index (χ2n) is 6.20. The summed E-state index contributed by atoms with van der Waals surface area (Å²) in [5, 5.41) is 20.9. The number of nitro benzene ring substituents is 1. The van der Waals surface area contributed by atoms with Crippen molar-refractivity contribution >= 4 is 11.8 Å². The van der Waals surface area contributed by atoms with Gasteiger partial charge in [-0.3, -0.25) is 10.1 Å². The SMILES string of the molecule is C=CC(O)c1cc(OCCC(N=C=O)OC(C)(C)C)ccc1[N+](=O)[O-]. The molecule has 0 aliphatic heterocycles. The molecular formula is C17H22N2O6. The molecule has 0 heterocycles. The molecule has 0 saturated carbocycles. The number of hydrogen-bond donors (Lipinski definition) is 1. The average molecular weight is 350 g/mol. The fraction of sp³-hybridized carbons (Fsp3) is 0.471. The van der Waals surface area contributed by atoms with E-state index in [1.165, 1.54) is 30.4 Å². The van der Waals surface area contributed by atoms with Gasteiger partial charge in [0, 0.05) is 12.5 Å². The second kappa shape index (κ2) is 9.08. The van der Waals surface area contributed by atoms with Crippen LogP contribution in [0.5, 0.6) is 5.75 Å². The predicted molar refractivity (Wildman–Crippen MR) is 91.1 cm³/mol. The Morgan fingerprint density at radius 2 is 2.16 bits per heavy atom. The first-order valence-electron chi connectivity index (χ1n) is 7.64. The molecule has 0 aromatic heterocycles. The van der Waals surface area contributed by atoms with Gasteiger partial charge in [-0.15, -0.1) is 6.58 Å². The van der Waals surface area contributed by atoms with Gasteiger partial charge >= 0.3 is 0 Å². The standard InChI is InChI=1S/C17H22N2O6/c1-5-15(21)13-10-12(6-7-14(13)19(22)23)24-9-8-16(18-11-20)25-17(2,3)4/h5-7,10,15-16,21H,1,8-9H2,2-4H3. The third-order valence-electron chi connectivity index (χ3n) is 3.06. The molecule has 0 saturated heterocycles. The van der Waals surface area contributed by atoms with Crippen LogP contribution in [0.1, 0.15) is 38.9 Å². The minimum absolute atomic E-state index is 0.0888. The molecule has 8 nitrogen and oxygen atoms in total. The van der Waals surface area contributed by atoms with E-state index in [1.54, 1.807) is 0 Å². The molecule has 0 bridgehead atoms. The highest BCUT2D eigenvalue weighted by Crippen LogP contribution is 2.30. The predicted octanol–water partition coefficient (Wildman–Crippen LogP) is 3.06. The summed E-state index contributed by atoms with van der Waals surface area (Å²) in [4.78, 5) is 24.5. The molecule has 0 radical (unpaired) electrons. The minimum Gasteiger partial charge on any atom is -0.493 e. The number of aliphatic hydroxyl groups excluding tert-OH is 1. The van der Waals surface area contributed by atoms with E-state index in [1.807, 2.05) is 20.8 Å². The molecule has 25 heavy (non-hydrogen) atoms. The molecule has 1 rings (SSSR count). The van der Waals surface area contributed by atoms with Crippen molar-refractivity contribution in [3.05, 3.63) is 46.5 Å². The highest BCUT2D eigenvalue weighted by molar-refractivity contribution is 5.47. The molecule has 136 valence electrons. The monoisotopic (exact) mass is 350 g/mol. The van der Waals surface area contributed by atoms with Crippen LogP contribution in [0.2, 0.25) is 0 Å². The van der Waals surface area contributed by atoms with E-state index >= 15 is 0 Å². The lowest BCUT2D eigenvalue weighted by molar-refractivity contribution is -0.386. The maximum Gasteiger partial charge on any atom is 0.275 e. The van der Waals surface area contributed by atoms with Gasteiger partial charge in [-0.05, 0) is 32.9 Å². The van der Waals surface area contributed by atoms with Crippen molar-refractivity contribution in [2.75, 3.05) is 6.61 Å². The average Bonchev–Trinajstić information content (AvgIpc) is 2.52. The van der Waals surface area contributed by atoms with Crippen molar-refractivity contribution < 1.29 is 24.3 Å². The molecule has 0 fully saturated rings. The number of ether oxygens (including phenoxy) is 2. The van der Waals surface area contributed by atoms with E-state index in [2.05, 4.69) is 11.6 Å². The van der Waals surface area contributed by atoms with Gasteiger partial charge in [0.25, 0.3) is 5.69 Å². The number of benzene rings is 1. The highest BCUT2D eigenvalue weighted by atomic mass is 16.6. The molecule has 0 aliphatic carbocycles. The fourth-order valence-electron chi connectivity index (χ4n) is 2.05. The minimum atomic E-state index is -1.18. The van der Waals surface area contributed by atoms with Crippen molar-refractivity contribution in [3.8, 4) is 5.75 Å². The molecule has 1 aromatic rings. The number of aliphatic hydroxyl groups is 1. The Morgan fingerprint density at radius 3 is 2.68 bits per heavy atom. The number of isocyanates is 1. The molecule has 0 spiro atoms. The Labute approximate surface area is 145 Å². The molecule has 0 aliphatic rings. The third-order valence-corrected chi connectivity index (χ3v) is 3.06. The van der Waals surface area contributed by atoms with E-state index in [-0.39, 0.29) is 17.9 Å². The van der Waals surface area contributed by atoms with Crippen LogP contribution in [0, 0.1) is 10.1 Å². The lowest BCUT2D eigenvalue weighted by Crippen LogP contribution is -2.27. The first-order chi connectivity index (χ1) is 11.7. The summed E-state index contributed by atoms with van der Waals surface area (Å²) >= 11 is 0. The van der Waals surface area contributed by atoms with Gasteiger partial charge in [0.05, 0.1) is 22.7 Å². The number of carbonyl (C=O) groups excluding carboxylic acids is 1. The van der Waals surface area contributed by atoms with Crippen molar-refractivity contribution in [2.45, 2.75) is 45.1 Å². The molecule has 0 amide bonds. The molecule has 8 heteroatoms. The van der Waals surface area contributed by atoms with Crippen LogP contribution in [0.25, 0.3) is 0 Å². The van der Waals surface area contributed by atoms with Crippen LogP contribution in [0.3, 0.4) is 0 Å². The highest BCUT2D eigenvalue weighted by Gasteiger charge is 2.20. The van der Waals surface area contributed by atoms with E-state index < -0.39 is 22.9 Å². The topological polar surface area (TPSA) is 111 Å². The van der Waals surface area contributed by atoms with Crippen LogP contribution < -0.4 is 4.74 Å². The first-order valence-corrected chi connectivity index (χ1v) is 7.64. The molecule has 1 N–H and O–H groups in total. The van der Waals surface area contributed by atoms with Gasteiger partial charge in [0.15, 0.2) is 6.23 Å². The van der Waals surface area contributed by atoms with Crippen molar-refractivity contribution in [1.82, 2.24) is 0 Å². The van der Waals surface area contributed by atoms with Gasteiger partial charge in [0.2, 0.25) is 6.08 Å². The van der Waals surface area contributed by atoms with Gasteiger partial charge in [-0.1, -0.05) is 6.08 Å². The van der Waals surface area contributed by atoms with Crippen molar-refractivity contribution in [2.24, 2.45) is 4.99 Å². The molecule has 1 aromatic carbocycles. The summed E-state index contributed by atoms with van der Waals surface area (Å²) < 4.78 is 11.1. The third kappa shape index (κ3) is 6.84. The van der Waals surface area contributed by atoms with Gasteiger partial charge in [-0.2, -0.15) is 4.99 Å². The Bertz CT molecular complexity index is 662. The largest absolute Gasteiger partial charge is 0.493 e. The van der Waals surface area contributed by atoms with Crippen molar-refractivity contribution in [3.63, 3.8) is 0 Å². The van der Waals surface area contributed by atoms with Crippen LogP contribution >= 0.6 is 0 Å². The summed E-state index contributed by atoms with van der Waals surface area (Å²) in [6.45, 7) is 9.09. The van der Waals surface area contributed by atoms with Crippen LogP contribution in [-0.2, 0) is 9.53 Å². The molecule has 2 atom stereocenters. The summed E-state index contributed by atoms with van der Waals surface area (Å²) in [5.41, 5.74) is -0.621. The fourth-order valence-corrected chi connectivity index (χ4v) is 2.05. The summed E-state index contributed by atoms with van der Waals surface area (Å²) in [7, 11) is 0. The van der Waals surface area contributed by atoms with Crippen LogP contribution in [-0.4, -0.2) is 34.5 Å². The first kappa shape index (κ1) is 20.5. The summed E-state index contributed by atoms with van der Waals surface area (Å²) in [6, 6.07) is 4.07. The summed E-state index contributed by atoms with van der Waals surface area (Å²) in [6.07, 6.45) is 1.07. The van der Waals surface area contributed by atoms with E-state index in [0.29, 0.717) is 12.2 Å². The normalized spacial score (nSPS) is 13.4. The van der Waals surface area contributed by atoms with E-state index in [9.17, 15) is 20.0 Å². The Hall–Kier alpha value is -2.54. The Kier molecular flexibility index (Phi) is 7.44. The van der Waals surface area contributed by atoms with Crippen LogP contribution in [0.4, 0.5) is 5.69 Å². The number of nitro groups is 1. The number of hydrogen-bond acceptors (Lipinski definition) is 7. The smallest absolute Gasteiger partial charge is 0.275 e. The second-order valence-corrected chi connectivity index (χ2v) is 6.20. The summed E-state index contributed by atoms with van der Waals surface area (Å²) in [5.74, 6) is 0.339. The van der Waals surface area contributed by atoms with Gasteiger partial charge in [0.1, 0.15) is 11.9 Å². The zero-order chi connectivity index (χ0) is 19.0. The number of rotatable bonds is 9. The van der Waals surface area contributed by atoms with Crippen molar-refractivity contribution in [1.29, 1.82) is 0 Å². The van der Waals surface area contributed by atoms with E-state index in [0.717, 1.165) is 0 Å². The molecule has 2 unspecified atom stereocenters. The molecular weight excluding hydrogens is 328 g/mol. The zero-order valence-corrected chi connectivity index (χ0v) is 14.5. The maximum absolute atomic E-state index is 11.0. The Morgan fingerprint density at radius 1 is 1.48 bits per heavy atom.